The first kappa shape index (κ1) is 10.7. The van der Waals surface area contributed by atoms with Gasteiger partial charge in [-0.2, -0.15) is 0 Å². The molecule has 0 aliphatic carbocycles. The van der Waals surface area contributed by atoms with Crippen LogP contribution < -0.4 is 11.1 Å². The zero-order valence-corrected chi connectivity index (χ0v) is 9.77. The summed E-state index contributed by atoms with van der Waals surface area (Å²) in [4.78, 5) is 0.810. The second kappa shape index (κ2) is 4.37. The molecule has 0 amide bonds. The zero-order valence-electron chi connectivity index (χ0n) is 8.95. The molecule has 0 spiro atoms. The number of benzene rings is 1. The van der Waals surface area contributed by atoms with Crippen molar-refractivity contribution in [1.82, 2.24) is 0 Å². The molecule has 3 nitrogen and oxygen atoms in total. The van der Waals surface area contributed by atoms with Crippen molar-refractivity contribution in [2.24, 2.45) is 5.73 Å². The highest BCUT2D eigenvalue weighted by Gasteiger charge is 2.04. The summed E-state index contributed by atoms with van der Waals surface area (Å²) in [7, 11) is 1.90. The Morgan fingerprint density at radius 1 is 1.31 bits per heavy atom. The number of amidine groups is 1. The molecule has 2 rings (SSSR count). The van der Waals surface area contributed by atoms with Crippen LogP contribution in [0.4, 0.5) is 5.69 Å². The van der Waals surface area contributed by atoms with Gasteiger partial charge in [-0.05, 0) is 34.7 Å². The van der Waals surface area contributed by atoms with E-state index in [2.05, 4.69) is 11.4 Å². The number of thiophene rings is 1. The summed E-state index contributed by atoms with van der Waals surface area (Å²) in [6.07, 6.45) is 0. The smallest absolute Gasteiger partial charge is 0.133 e. The van der Waals surface area contributed by atoms with E-state index in [1.165, 1.54) is 11.3 Å². The van der Waals surface area contributed by atoms with Gasteiger partial charge in [0, 0.05) is 12.7 Å². The van der Waals surface area contributed by atoms with Gasteiger partial charge in [0.25, 0.3) is 0 Å². The van der Waals surface area contributed by atoms with Crippen molar-refractivity contribution in [3.05, 3.63) is 40.6 Å². The van der Waals surface area contributed by atoms with Crippen LogP contribution >= 0.6 is 11.3 Å². The van der Waals surface area contributed by atoms with Gasteiger partial charge in [0.1, 0.15) is 5.84 Å². The minimum absolute atomic E-state index is 0.126. The molecule has 1 aromatic carbocycles. The van der Waals surface area contributed by atoms with Crippen LogP contribution in [0.5, 0.6) is 0 Å². The Morgan fingerprint density at radius 2 is 2.12 bits per heavy atom. The predicted octanol–water partition coefficient (Wildman–Crippen LogP) is 2.74. The quantitative estimate of drug-likeness (QED) is 0.562. The molecule has 0 aliphatic heterocycles. The van der Waals surface area contributed by atoms with Crippen LogP contribution in [-0.4, -0.2) is 12.9 Å². The third-order valence-electron chi connectivity index (χ3n) is 2.35. The molecular weight excluding hydrogens is 218 g/mol. The molecule has 4 N–H and O–H groups in total. The van der Waals surface area contributed by atoms with Crippen LogP contribution in [-0.2, 0) is 0 Å². The Hall–Kier alpha value is -1.81. The number of rotatable bonds is 3. The molecule has 0 unspecified atom stereocenters. The summed E-state index contributed by atoms with van der Waals surface area (Å²) in [6.45, 7) is 0. The average molecular weight is 231 g/mol. The SMILES string of the molecule is CNc1cccc(-c2csc(C(=N)N)c2)c1. The van der Waals surface area contributed by atoms with E-state index in [1.807, 2.05) is 36.7 Å². The molecule has 0 radical (unpaired) electrons. The van der Waals surface area contributed by atoms with Gasteiger partial charge in [-0.1, -0.05) is 12.1 Å². The van der Waals surface area contributed by atoms with Crippen LogP contribution in [0.25, 0.3) is 11.1 Å². The number of nitrogens with two attached hydrogens (primary N) is 1. The van der Waals surface area contributed by atoms with Gasteiger partial charge >= 0.3 is 0 Å². The molecule has 0 saturated carbocycles. The molecule has 2 aromatic rings. The molecule has 1 aromatic heterocycles. The number of nitrogen functional groups attached to an aromatic ring is 1. The molecular formula is C12H13N3S. The van der Waals surface area contributed by atoms with E-state index in [1.54, 1.807) is 0 Å². The molecule has 0 fully saturated rings. The average Bonchev–Trinajstić information content (AvgIpc) is 2.78. The summed E-state index contributed by atoms with van der Waals surface area (Å²) in [5, 5.41) is 12.5. The predicted molar refractivity (Wildman–Crippen MR) is 70.3 cm³/mol. The second-order valence-corrected chi connectivity index (χ2v) is 4.36. The zero-order chi connectivity index (χ0) is 11.5. The number of nitrogens with one attached hydrogen (secondary N) is 2. The fraction of sp³-hybridized carbons (Fsp3) is 0.0833. The number of hydrogen-bond acceptors (Lipinski definition) is 3. The first-order valence-corrected chi connectivity index (χ1v) is 5.80. The summed E-state index contributed by atoms with van der Waals surface area (Å²) >= 11 is 1.50. The summed E-state index contributed by atoms with van der Waals surface area (Å²) in [5.41, 5.74) is 8.76. The highest BCUT2D eigenvalue weighted by Crippen LogP contribution is 2.27. The summed E-state index contributed by atoms with van der Waals surface area (Å²) < 4.78 is 0. The van der Waals surface area contributed by atoms with E-state index < -0.39 is 0 Å². The third-order valence-corrected chi connectivity index (χ3v) is 3.31. The Labute approximate surface area is 98.4 Å². The lowest BCUT2D eigenvalue weighted by Gasteiger charge is -2.02. The largest absolute Gasteiger partial charge is 0.388 e. The van der Waals surface area contributed by atoms with Gasteiger partial charge in [0.2, 0.25) is 0 Å². The molecule has 16 heavy (non-hydrogen) atoms. The van der Waals surface area contributed by atoms with Crippen molar-refractivity contribution in [1.29, 1.82) is 5.41 Å². The van der Waals surface area contributed by atoms with Crippen LogP contribution in [0.3, 0.4) is 0 Å². The van der Waals surface area contributed by atoms with Gasteiger partial charge in [0.15, 0.2) is 0 Å². The summed E-state index contributed by atoms with van der Waals surface area (Å²) in [6, 6.07) is 10.1. The molecule has 0 aliphatic rings. The van der Waals surface area contributed by atoms with Gasteiger partial charge in [-0.25, -0.2) is 0 Å². The Balaban J connectivity index is 2.38. The lowest BCUT2D eigenvalue weighted by molar-refractivity contribution is 1.45. The van der Waals surface area contributed by atoms with E-state index in [0.29, 0.717) is 0 Å². The fourth-order valence-corrected chi connectivity index (χ4v) is 2.26. The molecule has 1 heterocycles. The van der Waals surface area contributed by atoms with Crippen molar-refractivity contribution in [3.8, 4) is 11.1 Å². The van der Waals surface area contributed by atoms with E-state index >= 15 is 0 Å². The standard InChI is InChI=1S/C12H13N3S/c1-15-10-4-2-3-8(5-10)9-6-11(12(13)14)16-7-9/h2-7,15H,1H3,(H3,13,14). The maximum atomic E-state index is 7.37. The van der Waals surface area contributed by atoms with Crippen LogP contribution in [0.2, 0.25) is 0 Å². The van der Waals surface area contributed by atoms with Crippen molar-refractivity contribution >= 4 is 22.9 Å². The Kier molecular flexibility index (Phi) is 2.92. The van der Waals surface area contributed by atoms with E-state index in [9.17, 15) is 0 Å². The van der Waals surface area contributed by atoms with Crippen LogP contribution in [0.15, 0.2) is 35.7 Å². The van der Waals surface area contributed by atoms with Gasteiger partial charge in [-0.3, -0.25) is 5.41 Å². The highest BCUT2D eigenvalue weighted by atomic mass is 32.1. The Bertz CT molecular complexity index is 516. The van der Waals surface area contributed by atoms with Crippen LogP contribution in [0.1, 0.15) is 4.88 Å². The third kappa shape index (κ3) is 2.06. The molecule has 0 saturated heterocycles. The molecule has 4 heteroatoms. The summed E-state index contributed by atoms with van der Waals surface area (Å²) in [5.74, 6) is 0.126. The van der Waals surface area contributed by atoms with Crippen molar-refractivity contribution in [3.63, 3.8) is 0 Å². The van der Waals surface area contributed by atoms with Crippen molar-refractivity contribution < 1.29 is 0 Å². The minimum atomic E-state index is 0.126. The van der Waals surface area contributed by atoms with Crippen molar-refractivity contribution in [2.45, 2.75) is 0 Å². The molecule has 82 valence electrons. The van der Waals surface area contributed by atoms with Crippen LogP contribution in [0, 0.1) is 5.41 Å². The number of hydrogen-bond donors (Lipinski definition) is 3. The van der Waals surface area contributed by atoms with E-state index in [-0.39, 0.29) is 5.84 Å². The monoisotopic (exact) mass is 231 g/mol. The van der Waals surface area contributed by atoms with Gasteiger partial charge in [0.05, 0.1) is 4.88 Å². The first-order valence-electron chi connectivity index (χ1n) is 4.92. The Morgan fingerprint density at radius 3 is 2.75 bits per heavy atom. The first-order chi connectivity index (χ1) is 7.70. The molecule has 0 bridgehead atoms. The van der Waals surface area contributed by atoms with E-state index in [4.69, 9.17) is 11.1 Å². The lowest BCUT2D eigenvalue weighted by Crippen LogP contribution is -2.08. The molecule has 0 atom stereocenters. The topological polar surface area (TPSA) is 61.9 Å². The van der Waals surface area contributed by atoms with Crippen molar-refractivity contribution in [2.75, 3.05) is 12.4 Å². The van der Waals surface area contributed by atoms with Gasteiger partial charge in [-0.15, -0.1) is 11.3 Å². The van der Waals surface area contributed by atoms with Gasteiger partial charge < -0.3 is 11.1 Å². The lowest BCUT2D eigenvalue weighted by atomic mass is 10.1. The van der Waals surface area contributed by atoms with E-state index in [0.717, 1.165) is 21.7 Å². The second-order valence-electron chi connectivity index (χ2n) is 3.44. The number of anilines is 1. The fourth-order valence-electron chi connectivity index (χ4n) is 1.48. The normalized spacial score (nSPS) is 10.1. The minimum Gasteiger partial charge on any atom is -0.388 e. The maximum absolute atomic E-state index is 7.37. The highest BCUT2D eigenvalue weighted by molar-refractivity contribution is 7.12. The maximum Gasteiger partial charge on any atom is 0.133 e.